The van der Waals surface area contributed by atoms with Crippen LogP contribution < -0.4 is 10.0 Å². The van der Waals surface area contributed by atoms with E-state index in [0.717, 1.165) is 5.56 Å². The molecule has 0 spiro atoms. The highest BCUT2D eigenvalue weighted by molar-refractivity contribution is 7.92. The van der Waals surface area contributed by atoms with Crippen molar-refractivity contribution in [1.29, 1.82) is 0 Å². The second-order valence-electron chi connectivity index (χ2n) is 5.63. The molecule has 0 aliphatic rings. The molecule has 0 saturated heterocycles. The van der Waals surface area contributed by atoms with Gasteiger partial charge in [-0.1, -0.05) is 45.9 Å². The lowest BCUT2D eigenvalue weighted by Crippen LogP contribution is -2.26. The fourth-order valence-electron chi connectivity index (χ4n) is 1.96. The number of anilines is 1. The molecule has 0 saturated carbocycles. The maximum atomic E-state index is 12.1. The second-order valence-corrected chi connectivity index (χ2v) is 7.47. The van der Waals surface area contributed by atoms with Crippen molar-refractivity contribution in [3.8, 4) is 0 Å². The van der Waals surface area contributed by atoms with E-state index in [0.29, 0.717) is 24.7 Å². The third-order valence-electron chi connectivity index (χ3n) is 2.99. The van der Waals surface area contributed by atoms with Crippen LogP contribution in [0.4, 0.5) is 5.69 Å². The molecule has 2 N–H and O–H groups in total. The lowest BCUT2D eigenvalue weighted by Gasteiger charge is -2.15. The van der Waals surface area contributed by atoms with Gasteiger partial charge in [0, 0.05) is 6.04 Å². The summed E-state index contributed by atoms with van der Waals surface area (Å²) in [6.45, 7) is 8.92. The summed E-state index contributed by atoms with van der Waals surface area (Å²) in [5.74, 6) is 0.426. The van der Waals surface area contributed by atoms with Gasteiger partial charge in [0.15, 0.2) is 0 Å². The van der Waals surface area contributed by atoms with Gasteiger partial charge in [-0.25, -0.2) is 8.42 Å². The first-order valence-corrected chi connectivity index (χ1v) is 8.80. The molecule has 1 aromatic carbocycles. The topological polar surface area (TPSA) is 58.2 Å². The van der Waals surface area contributed by atoms with Crippen LogP contribution in [0.2, 0.25) is 0 Å². The molecule has 4 nitrogen and oxygen atoms in total. The Morgan fingerprint density at radius 2 is 1.75 bits per heavy atom. The minimum Gasteiger partial charge on any atom is -0.314 e. The molecule has 0 aromatic heterocycles. The van der Waals surface area contributed by atoms with Crippen LogP contribution in [0.1, 0.15) is 45.6 Å². The Morgan fingerprint density at radius 1 is 1.10 bits per heavy atom. The Labute approximate surface area is 123 Å². The smallest absolute Gasteiger partial charge is 0.232 e. The fraction of sp³-hybridized carbons (Fsp3) is 0.600. The quantitative estimate of drug-likeness (QED) is 0.725. The van der Waals surface area contributed by atoms with Crippen LogP contribution in [0.3, 0.4) is 0 Å². The van der Waals surface area contributed by atoms with Crippen molar-refractivity contribution in [3.63, 3.8) is 0 Å². The first-order chi connectivity index (χ1) is 9.32. The van der Waals surface area contributed by atoms with Gasteiger partial charge in [0.1, 0.15) is 0 Å². The Balaban J connectivity index is 2.62. The van der Waals surface area contributed by atoms with Crippen LogP contribution in [0.25, 0.3) is 0 Å². The van der Waals surface area contributed by atoms with Crippen LogP contribution in [-0.4, -0.2) is 26.8 Å². The molecule has 0 bridgehead atoms. The fourth-order valence-corrected chi connectivity index (χ4v) is 3.11. The summed E-state index contributed by atoms with van der Waals surface area (Å²) in [5.41, 5.74) is 1.72. The molecule has 5 heteroatoms. The average molecular weight is 298 g/mol. The number of rotatable bonds is 8. The Morgan fingerprint density at radius 3 is 2.35 bits per heavy atom. The van der Waals surface area contributed by atoms with Crippen LogP contribution >= 0.6 is 0 Å². The molecule has 0 aliphatic heterocycles. The van der Waals surface area contributed by atoms with Crippen LogP contribution in [0, 0.1) is 0 Å². The van der Waals surface area contributed by atoms with E-state index in [2.05, 4.69) is 23.9 Å². The third kappa shape index (κ3) is 5.92. The van der Waals surface area contributed by atoms with Crippen LogP contribution in [-0.2, 0) is 10.0 Å². The summed E-state index contributed by atoms with van der Waals surface area (Å²) < 4.78 is 26.9. The molecular formula is C15H26N2O2S. The van der Waals surface area contributed by atoms with E-state index in [1.165, 1.54) is 0 Å². The summed E-state index contributed by atoms with van der Waals surface area (Å²) in [4.78, 5) is 0. The molecular weight excluding hydrogens is 272 g/mol. The molecule has 0 atom stereocenters. The van der Waals surface area contributed by atoms with Gasteiger partial charge < -0.3 is 5.32 Å². The van der Waals surface area contributed by atoms with Crippen molar-refractivity contribution in [2.24, 2.45) is 0 Å². The zero-order chi connectivity index (χ0) is 15.2. The maximum absolute atomic E-state index is 12.1. The van der Waals surface area contributed by atoms with Crippen molar-refractivity contribution in [1.82, 2.24) is 5.32 Å². The molecule has 1 rings (SSSR count). The third-order valence-corrected chi connectivity index (χ3v) is 4.35. The van der Waals surface area contributed by atoms with Gasteiger partial charge in [-0.3, -0.25) is 4.72 Å². The first kappa shape index (κ1) is 17.0. The lowest BCUT2D eigenvalue weighted by molar-refractivity contribution is 0.571. The van der Waals surface area contributed by atoms with E-state index in [9.17, 15) is 8.42 Å². The molecule has 0 aliphatic carbocycles. The van der Waals surface area contributed by atoms with Gasteiger partial charge in [-0.05, 0) is 30.5 Å². The van der Waals surface area contributed by atoms with Crippen molar-refractivity contribution >= 4 is 15.7 Å². The highest BCUT2D eigenvalue weighted by Crippen LogP contribution is 2.24. The van der Waals surface area contributed by atoms with Gasteiger partial charge in [0.05, 0.1) is 11.4 Å². The van der Waals surface area contributed by atoms with Gasteiger partial charge >= 0.3 is 0 Å². The van der Waals surface area contributed by atoms with Crippen molar-refractivity contribution in [2.45, 2.75) is 46.1 Å². The summed E-state index contributed by atoms with van der Waals surface area (Å²) in [6, 6.07) is 7.94. The predicted molar refractivity (Wildman–Crippen MR) is 85.7 cm³/mol. The van der Waals surface area contributed by atoms with E-state index in [-0.39, 0.29) is 11.7 Å². The summed E-state index contributed by atoms with van der Waals surface area (Å²) in [7, 11) is -3.28. The van der Waals surface area contributed by atoms with Crippen LogP contribution in [0.5, 0.6) is 0 Å². The van der Waals surface area contributed by atoms with Crippen molar-refractivity contribution < 1.29 is 8.42 Å². The standard InChI is InChI=1S/C15H26N2O2S/c1-12(2)14-8-5-6-9-15(14)17-20(18,19)11-7-10-16-13(3)4/h5-6,8-9,12-13,16-17H,7,10-11H2,1-4H3. The molecule has 0 heterocycles. The Kier molecular flexibility index (Phi) is 6.49. The summed E-state index contributed by atoms with van der Waals surface area (Å²) in [6.07, 6.45) is 0.608. The number of sulfonamides is 1. The monoisotopic (exact) mass is 298 g/mol. The summed E-state index contributed by atoms with van der Waals surface area (Å²) in [5, 5.41) is 3.22. The van der Waals surface area contributed by atoms with Crippen molar-refractivity contribution in [3.05, 3.63) is 29.8 Å². The molecule has 0 radical (unpaired) electrons. The lowest BCUT2D eigenvalue weighted by atomic mass is 10.0. The zero-order valence-electron chi connectivity index (χ0n) is 12.8. The number of benzene rings is 1. The second kappa shape index (κ2) is 7.64. The Hall–Kier alpha value is -1.07. The minimum atomic E-state index is -3.28. The average Bonchev–Trinajstić information content (AvgIpc) is 2.34. The molecule has 0 unspecified atom stereocenters. The van der Waals surface area contributed by atoms with E-state index < -0.39 is 10.0 Å². The highest BCUT2D eigenvalue weighted by Gasteiger charge is 2.13. The number of hydrogen-bond donors (Lipinski definition) is 2. The van der Waals surface area contributed by atoms with Gasteiger partial charge in [0.2, 0.25) is 10.0 Å². The van der Waals surface area contributed by atoms with Gasteiger partial charge in [-0.2, -0.15) is 0 Å². The SMILES string of the molecule is CC(C)NCCCS(=O)(=O)Nc1ccccc1C(C)C. The predicted octanol–water partition coefficient (Wildman–Crippen LogP) is 2.94. The minimum absolute atomic E-state index is 0.138. The van der Waals surface area contributed by atoms with Gasteiger partial charge in [-0.15, -0.1) is 0 Å². The zero-order valence-corrected chi connectivity index (χ0v) is 13.6. The molecule has 1 aromatic rings. The Bertz CT molecular complexity index is 510. The largest absolute Gasteiger partial charge is 0.314 e. The molecule has 0 amide bonds. The summed E-state index contributed by atoms with van der Waals surface area (Å²) >= 11 is 0. The first-order valence-electron chi connectivity index (χ1n) is 7.14. The van der Waals surface area contributed by atoms with Crippen molar-refractivity contribution in [2.75, 3.05) is 17.0 Å². The van der Waals surface area contributed by atoms with E-state index >= 15 is 0 Å². The number of nitrogens with one attached hydrogen (secondary N) is 2. The molecule has 114 valence electrons. The van der Waals surface area contributed by atoms with Crippen LogP contribution in [0.15, 0.2) is 24.3 Å². The maximum Gasteiger partial charge on any atom is 0.232 e. The number of para-hydroxylation sites is 1. The van der Waals surface area contributed by atoms with E-state index in [1.54, 1.807) is 0 Å². The van der Waals surface area contributed by atoms with Gasteiger partial charge in [0.25, 0.3) is 0 Å². The molecule has 0 fully saturated rings. The highest BCUT2D eigenvalue weighted by atomic mass is 32.2. The van der Waals surface area contributed by atoms with E-state index in [1.807, 2.05) is 38.1 Å². The van der Waals surface area contributed by atoms with E-state index in [4.69, 9.17) is 0 Å². The molecule has 20 heavy (non-hydrogen) atoms. The number of hydrogen-bond acceptors (Lipinski definition) is 3. The normalized spacial score (nSPS) is 12.1.